The molecule has 39 heavy (non-hydrogen) atoms. The van der Waals surface area contributed by atoms with Gasteiger partial charge in [0.1, 0.15) is 0 Å². The monoisotopic (exact) mass is 562 g/mol. The minimum Gasteiger partial charge on any atom is -0.350 e. The Morgan fingerprint density at radius 1 is 1.13 bits per heavy atom. The zero-order valence-electron chi connectivity index (χ0n) is 22.3. The lowest BCUT2D eigenvalue weighted by molar-refractivity contribution is -0.132. The van der Waals surface area contributed by atoms with Crippen LogP contribution in [-0.4, -0.2) is 67.7 Å². The van der Waals surface area contributed by atoms with Crippen molar-refractivity contribution in [3.8, 4) is 0 Å². The molecule has 11 heteroatoms. The van der Waals surface area contributed by atoms with E-state index in [9.17, 15) is 26.8 Å². The van der Waals surface area contributed by atoms with E-state index >= 15 is 0 Å². The fourth-order valence-corrected chi connectivity index (χ4v) is 7.24. The van der Waals surface area contributed by atoms with Crippen molar-refractivity contribution in [1.82, 2.24) is 14.5 Å². The van der Waals surface area contributed by atoms with Crippen molar-refractivity contribution in [3.63, 3.8) is 0 Å². The number of hydrogen-bond acceptors (Lipinski definition) is 5. The van der Waals surface area contributed by atoms with Crippen LogP contribution >= 0.6 is 0 Å². The minimum absolute atomic E-state index is 0.0571. The Kier molecular flexibility index (Phi) is 9.03. The Balaban J connectivity index is 1.36. The van der Waals surface area contributed by atoms with Gasteiger partial charge < -0.3 is 16.0 Å². The van der Waals surface area contributed by atoms with Crippen LogP contribution in [0.3, 0.4) is 0 Å². The number of sulfonamides is 1. The van der Waals surface area contributed by atoms with E-state index in [0.717, 1.165) is 12.0 Å². The second-order valence-electron chi connectivity index (χ2n) is 10.2. The Morgan fingerprint density at radius 3 is 2.56 bits per heavy atom. The van der Waals surface area contributed by atoms with E-state index in [2.05, 4.69) is 5.32 Å². The maximum atomic E-state index is 13.8. The van der Waals surface area contributed by atoms with Crippen LogP contribution in [0.4, 0.5) is 8.78 Å². The summed E-state index contributed by atoms with van der Waals surface area (Å²) in [5, 5.41) is 2.84. The van der Waals surface area contributed by atoms with E-state index in [-0.39, 0.29) is 41.3 Å². The molecule has 0 saturated carbocycles. The van der Waals surface area contributed by atoms with Gasteiger partial charge >= 0.3 is 0 Å². The number of rotatable bonds is 10. The van der Waals surface area contributed by atoms with Gasteiger partial charge in [0.2, 0.25) is 15.9 Å². The SMILES string of the molecule is CCN(CC)S(=O)(=O)c1cccc(C(=O)NC[C@@H]2CCCN2C(=O)C[C@H](N)[C@H]2CCc3cc(F)c(F)cc32)c1. The molecule has 1 saturated heterocycles. The normalized spacial score (nSPS) is 19.8. The summed E-state index contributed by atoms with van der Waals surface area (Å²) in [7, 11) is -3.70. The summed E-state index contributed by atoms with van der Waals surface area (Å²) >= 11 is 0. The topological polar surface area (TPSA) is 113 Å². The van der Waals surface area contributed by atoms with E-state index in [4.69, 9.17) is 5.73 Å². The molecular formula is C28H36F2N4O4S. The molecule has 2 aromatic carbocycles. The predicted molar refractivity (Wildman–Crippen MR) is 144 cm³/mol. The number of benzene rings is 2. The number of amides is 2. The maximum absolute atomic E-state index is 13.8. The number of aryl methyl sites for hydroxylation is 1. The number of carbonyl (C=O) groups excluding carboxylic acids is 2. The third kappa shape index (κ3) is 6.15. The lowest BCUT2D eigenvalue weighted by atomic mass is 9.91. The number of fused-ring (bicyclic) bond motifs is 1. The number of hydrogen-bond donors (Lipinski definition) is 2. The zero-order chi connectivity index (χ0) is 28.3. The van der Waals surface area contributed by atoms with Crippen molar-refractivity contribution < 1.29 is 26.8 Å². The fourth-order valence-electron chi connectivity index (χ4n) is 5.74. The second-order valence-corrected chi connectivity index (χ2v) is 12.1. The van der Waals surface area contributed by atoms with Crippen LogP contribution in [0.5, 0.6) is 0 Å². The van der Waals surface area contributed by atoms with Crippen LogP contribution in [0, 0.1) is 11.6 Å². The average Bonchev–Trinajstić information content (AvgIpc) is 3.55. The number of nitrogens with zero attached hydrogens (tertiary/aromatic N) is 2. The molecule has 2 aromatic rings. The first-order valence-electron chi connectivity index (χ1n) is 13.5. The van der Waals surface area contributed by atoms with Crippen LogP contribution in [0.1, 0.15) is 66.9 Å². The molecule has 3 N–H and O–H groups in total. The quantitative estimate of drug-likeness (QED) is 0.462. The Morgan fingerprint density at radius 2 is 1.85 bits per heavy atom. The smallest absolute Gasteiger partial charge is 0.251 e. The van der Waals surface area contributed by atoms with Gasteiger partial charge in [-0.1, -0.05) is 19.9 Å². The molecule has 2 aliphatic rings. The summed E-state index contributed by atoms with van der Waals surface area (Å²) in [6, 6.07) is 7.61. The lowest BCUT2D eigenvalue weighted by Gasteiger charge is -2.28. The van der Waals surface area contributed by atoms with Crippen molar-refractivity contribution in [1.29, 1.82) is 0 Å². The molecule has 4 rings (SSSR count). The first-order valence-corrected chi connectivity index (χ1v) is 14.9. The summed E-state index contributed by atoms with van der Waals surface area (Å²) in [6.07, 6.45) is 2.80. The Hall–Kier alpha value is -2.89. The summed E-state index contributed by atoms with van der Waals surface area (Å²) in [6.45, 7) is 4.94. The number of nitrogens with two attached hydrogens (primary N) is 1. The van der Waals surface area contributed by atoms with Crippen molar-refractivity contribution in [3.05, 3.63) is 64.7 Å². The molecule has 0 aromatic heterocycles. The van der Waals surface area contributed by atoms with E-state index < -0.39 is 33.6 Å². The van der Waals surface area contributed by atoms with Gasteiger partial charge in [0.05, 0.1) is 4.90 Å². The van der Waals surface area contributed by atoms with Crippen LogP contribution in [-0.2, 0) is 21.2 Å². The summed E-state index contributed by atoms with van der Waals surface area (Å²) in [4.78, 5) is 27.8. The highest BCUT2D eigenvalue weighted by Crippen LogP contribution is 2.37. The van der Waals surface area contributed by atoms with Crippen LogP contribution in [0.25, 0.3) is 0 Å². The molecule has 3 atom stereocenters. The molecule has 0 unspecified atom stereocenters. The number of likely N-dealkylation sites (tertiary alicyclic amines) is 1. The van der Waals surface area contributed by atoms with Gasteiger partial charge in [0.15, 0.2) is 11.6 Å². The molecule has 2 amide bonds. The minimum atomic E-state index is -3.70. The van der Waals surface area contributed by atoms with Crippen molar-refractivity contribution in [2.75, 3.05) is 26.2 Å². The first kappa shape index (κ1) is 29.1. The molecule has 1 heterocycles. The zero-order valence-corrected chi connectivity index (χ0v) is 23.1. The molecule has 0 radical (unpaired) electrons. The van der Waals surface area contributed by atoms with E-state index in [1.807, 2.05) is 0 Å². The number of carbonyl (C=O) groups is 2. The molecule has 8 nitrogen and oxygen atoms in total. The fraction of sp³-hybridized carbons (Fsp3) is 0.500. The highest BCUT2D eigenvalue weighted by atomic mass is 32.2. The summed E-state index contributed by atoms with van der Waals surface area (Å²) in [5.74, 6) is -2.56. The van der Waals surface area contributed by atoms with E-state index in [1.165, 1.54) is 28.6 Å². The lowest BCUT2D eigenvalue weighted by Crippen LogP contribution is -2.45. The number of nitrogens with one attached hydrogen (secondary N) is 1. The maximum Gasteiger partial charge on any atom is 0.251 e. The predicted octanol–water partition coefficient (Wildman–Crippen LogP) is 3.16. The van der Waals surface area contributed by atoms with E-state index in [1.54, 1.807) is 30.9 Å². The highest BCUT2D eigenvalue weighted by Gasteiger charge is 2.34. The van der Waals surface area contributed by atoms with Gasteiger partial charge in [-0.3, -0.25) is 9.59 Å². The molecule has 0 spiro atoms. The van der Waals surface area contributed by atoms with E-state index in [0.29, 0.717) is 44.5 Å². The molecule has 212 valence electrons. The Labute approximate surface area is 228 Å². The van der Waals surface area contributed by atoms with Crippen LogP contribution in [0.15, 0.2) is 41.3 Å². The van der Waals surface area contributed by atoms with Gasteiger partial charge in [-0.15, -0.1) is 0 Å². The molecular weight excluding hydrogens is 526 g/mol. The molecule has 1 aliphatic heterocycles. The van der Waals surface area contributed by atoms with Crippen molar-refractivity contribution in [2.24, 2.45) is 5.73 Å². The van der Waals surface area contributed by atoms with Gasteiger partial charge in [-0.25, -0.2) is 17.2 Å². The average molecular weight is 563 g/mol. The van der Waals surface area contributed by atoms with Crippen molar-refractivity contribution in [2.45, 2.75) is 68.8 Å². The Bertz CT molecular complexity index is 1330. The van der Waals surface area contributed by atoms with Gasteiger partial charge in [-0.05, 0) is 67.1 Å². The van der Waals surface area contributed by atoms with Crippen molar-refractivity contribution >= 4 is 21.8 Å². The third-order valence-corrected chi connectivity index (χ3v) is 9.91. The number of halogens is 2. The van der Waals surface area contributed by atoms with Crippen LogP contribution < -0.4 is 11.1 Å². The standard InChI is InChI=1S/C28H36F2N4O4S/c1-3-33(4-2)39(37,38)21-9-5-7-19(13-21)28(36)32-17-20-8-6-12-34(20)27(35)16-26(31)22-11-10-18-14-24(29)25(30)15-23(18)22/h5,7,9,13-15,20,22,26H,3-4,6,8,10-12,16-17,31H2,1-2H3,(H,32,36)/t20-,22-,26-/m0/s1. The van der Waals surface area contributed by atoms with Gasteiger partial charge in [-0.2, -0.15) is 4.31 Å². The molecule has 0 bridgehead atoms. The molecule has 1 fully saturated rings. The molecule has 1 aliphatic carbocycles. The summed E-state index contributed by atoms with van der Waals surface area (Å²) in [5.41, 5.74) is 8.03. The van der Waals surface area contributed by atoms with Gasteiger partial charge in [0.25, 0.3) is 5.91 Å². The highest BCUT2D eigenvalue weighted by molar-refractivity contribution is 7.89. The van der Waals surface area contributed by atoms with Gasteiger partial charge in [0, 0.05) is 56.2 Å². The second kappa shape index (κ2) is 12.1. The summed E-state index contributed by atoms with van der Waals surface area (Å²) < 4.78 is 54.5. The van der Waals surface area contributed by atoms with Crippen LogP contribution in [0.2, 0.25) is 0 Å². The third-order valence-electron chi connectivity index (χ3n) is 7.87. The first-order chi connectivity index (χ1) is 18.6. The largest absolute Gasteiger partial charge is 0.350 e.